The number of nitrogens with two attached hydrogens (primary N) is 1. The normalized spacial score (nSPS) is 11.7. The Kier molecular flexibility index (Phi) is 4.30. The zero-order valence-corrected chi connectivity index (χ0v) is 12.9. The van der Waals surface area contributed by atoms with Crippen molar-refractivity contribution in [3.05, 3.63) is 70.9 Å². The lowest BCUT2D eigenvalue weighted by Crippen LogP contribution is -1.90. The molecule has 0 amide bonds. The van der Waals surface area contributed by atoms with Crippen LogP contribution in [0, 0.1) is 5.41 Å². The van der Waals surface area contributed by atoms with Gasteiger partial charge in [0.15, 0.2) is 0 Å². The highest BCUT2D eigenvalue weighted by Crippen LogP contribution is 2.26. The molecule has 3 N–H and O–H groups in total. The van der Waals surface area contributed by atoms with Crippen molar-refractivity contribution in [1.29, 1.82) is 5.41 Å². The zero-order chi connectivity index (χ0) is 15.4. The first kappa shape index (κ1) is 14.5. The maximum atomic E-state index is 7.39. The van der Waals surface area contributed by atoms with Crippen LogP contribution < -0.4 is 5.73 Å². The molecule has 0 bridgehead atoms. The predicted molar refractivity (Wildman–Crippen MR) is 94.4 cm³/mol. The molecule has 0 unspecified atom stereocenters. The molecule has 2 aromatic carbocycles. The molecule has 4 heteroatoms. The van der Waals surface area contributed by atoms with E-state index in [2.05, 4.69) is 30.3 Å². The van der Waals surface area contributed by atoms with Crippen LogP contribution in [0.2, 0.25) is 0 Å². The number of aryl methyl sites for hydroxylation is 2. The Bertz CT molecular complexity index is 819. The van der Waals surface area contributed by atoms with Crippen LogP contribution in [0.5, 0.6) is 0 Å². The zero-order valence-electron chi connectivity index (χ0n) is 12.1. The fourth-order valence-corrected chi connectivity index (χ4v) is 3.39. The Hall–Kier alpha value is -2.46. The molecule has 0 aliphatic heterocycles. The van der Waals surface area contributed by atoms with Gasteiger partial charge in [0.2, 0.25) is 0 Å². The van der Waals surface area contributed by atoms with Crippen LogP contribution in [0.3, 0.4) is 0 Å². The number of nitrogens with one attached hydrogen (secondary N) is 1. The molecule has 3 aromatic rings. The molecule has 0 aliphatic rings. The maximum absolute atomic E-state index is 7.39. The molecule has 110 valence electrons. The van der Waals surface area contributed by atoms with Gasteiger partial charge in [-0.25, -0.2) is 4.98 Å². The summed E-state index contributed by atoms with van der Waals surface area (Å²) in [7, 11) is 0. The first-order valence-electron chi connectivity index (χ1n) is 7.16. The quantitative estimate of drug-likeness (QED) is 0.699. The fourth-order valence-electron chi connectivity index (χ4n) is 2.38. The number of nitrogens with zero attached hydrogens (tertiary/aromatic N) is 1. The van der Waals surface area contributed by atoms with E-state index in [9.17, 15) is 0 Å². The van der Waals surface area contributed by atoms with Gasteiger partial charge in [-0.2, -0.15) is 0 Å². The molecule has 0 saturated carbocycles. The standard InChI is InChI=1S/C18H17N3S/c19-11-15(12-20)14-7-8-16-17(10-14)22-18(21-16)9-6-13-4-2-1-3-5-13/h1-5,7-8,10-12,19H,6,9,20H2/b15-12+,19-11?. The average Bonchev–Trinajstić information content (AvgIpc) is 2.97. The fraction of sp³-hybridized carbons (Fsp3) is 0.111. The minimum absolute atomic E-state index is 0.723. The molecular weight excluding hydrogens is 290 g/mol. The van der Waals surface area contributed by atoms with Crippen molar-refractivity contribution in [3.63, 3.8) is 0 Å². The van der Waals surface area contributed by atoms with E-state index in [1.54, 1.807) is 11.3 Å². The van der Waals surface area contributed by atoms with Crippen LogP contribution in [-0.2, 0) is 12.8 Å². The van der Waals surface area contributed by atoms with Gasteiger partial charge >= 0.3 is 0 Å². The van der Waals surface area contributed by atoms with Crippen LogP contribution in [0.1, 0.15) is 16.1 Å². The second-order valence-electron chi connectivity index (χ2n) is 5.04. The third kappa shape index (κ3) is 3.07. The third-order valence-corrected chi connectivity index (χ3v) is 4.65. The molecule has 3 nitrogen and oxygen atoms in total. The Balaban J connectivity index is 1.82. The summed E-state index contributed by atoms with van der Waals surface area (Å²) in [6.07, 6.45) is 4.69. The van der Waals surface area contributed by atoms with Gasteiger partial charge in [-0.3, -0.25) is 0 Å². The number of hydrogen-bond acceptors (Lipinski definition) is 4. The van der Waals surface area contributed by atoms with Gasteiger partial charge in [-0.1, -0.05) is 36.4 Å². The number of allylic oxidation sites excluding steroid dienone is 1. The van der Waals surface area contributed by atoms with Crippen LogP contribution >= 0.6 is 11.3 Å². The van der Waals surface area contributed by atoms with E-state index < -0.39 is 0 Å². The number of aromatic nitrogens is 1. The highest BCUT2D eigenvalue weighted by molar-refractivity contribution is 7.18. The molecule has 0 fully saturated rings. The minimum atomic E-state index is 0.723. The van der Waals surface area contributed by atoms with Crippen LogP contribution in [-0.4, -0.2) is 11.2 Å². The monoisotopic (exact) mass is 307 g/mol. The van der Waals surface area contributed by atoms with E-state index in [1.165, 1.54) is 18.0 Å². The van der Waals surface area contributed by atoms with Gasteiger partial charge in [0.1, 0.15) is 0 Å². The van der Waals surface area contributed by atoms with E-state index in [-0.39, 0.29) is 0 Å². The van der Waals surface area contributed by atoms with E-state index >= 15 is 0 Å². The van der Waals surface area contributed by atoms with Crippen molar-refractivity contribution < 1.29 is 0 Å². The number of fused-ring (bicyclic) bond motifs is 1. The molecular formula is C18H17N3S. The SMILES string of the molecule is N=C/C(=C\N)c1ccc2nc(CCc3ccccc3)sc2c1. The minimum Gasteiger partial charge on any atom is -0.404 e. The van der Waals surface area contributed by atoms with Gasteiger partial charge in [0, 0.05) is 24.4 Å². The van der Waals surface area contributed by atoms with Gasteiger partial charge in [-0.05, 0) is 29.7 Å². The maximum Gasteiger partial charge on any atom is 0.0941 e. The van der Waals surface area contributed by atoms with Crippen molar-refractivity contribution in [2.24, 2.45) is 5.73 Å². The lowest BCUT2D eigenvalue weighted by atomic mass is 10.1. The van der Waals surface area contributed by atoms with Crippen molar-refractivity contribution in [3.8, 4) is 0 Å². The number of rotatable bonds is 5. The summed E-state index contributed by atoms with van der Waals surface area (Å²) < 4.78 is 1.14. The summed E-state index contributed by atoms with van der Waals surface area (Å²) in [6.45, 7) is 0. The molecule has 3 rings (SSSR count). The molecule has 0 saturated heterocycles. The van der Waals surface area contributed by atoms with E-state index in [0.717, 1.165) is 39.2 Å². The summed E-state index contributed by atoms with van der Waals surface area (Å²) in [5.74, 6) is 0. The van der Waals surface area contributed by atoms with Crippen molar-refractivity contribution in [2.75, 3.05) is 0 Å². The van der Waals surface area contributed by atoms with Gasteiger partial charge in [0.05, 0.1) is 15.2 Å². The van der Waals surface area contributed by atoms with E-state index in [0.29, 0.717) is 0 Å². The second-order valence-corrected chi connectivity index (χ2v) is 6.16. The van der Waals surface area contributed by atoms with Crippen LogP contribution in [0.25, 0.3) is 15.8 Å². The lowest BCUT2D eigenvalue weighted by molar-refractivity contribution is 0.949. The van der Waals surface area contributed by atoms with E-state index in [4.69, 9.17) is 16.1 Å². The Labute approximate surface area is 133 Å². The van der Waals surface area contributed by atoms with Crippen LogP contribution in [0.4, 0.5) is 0 Å². The number of benzene rings is 2. The lowest BCUT2D eigenvalue weighted by Gasteiger charge is -1.99. The topological polar surface area (TPSA) is 62.8 Å². The molecule has 0 aliphatic carbocycles. The Morgan fingerprint density at radius 3 is 2.68 bits per heavy atom. The van der Waals surface area contributed by atoms with Gasteiger partial charge in [-0.15, -0.1) is 11.3 Å². The van der Waals surface area contributed by atoms with Crippen molar-refractivity contribution in [1.82, 2.24) is 4.98 Å². The molecule has 22 heavy (non-hydrogen) atoms. The summed E-state index contributed by atoms with van der Waals surface area (Å²) >= 11 is 1.71. The number of hydrogen-bond donors (Lipinski definition) is 2. The summed E-state index contributed by atoms with van der Waals surface area (Å²) in [5.41, 5.74) is 9.58. The highest BCUT2D eigenvalue weighted by Gasteiger charge is 2.06. The van der Waals surface area contributed by atoms with Crippen LogP contribution in [0.15, 0.2) is 54.7 Å². The summed E-state index contributed by atoms with van der Waals surface area (Å²) in [4.78, 5) is 4.69. The smallest absolute Gasteiger partial charge is 0.0941 e. The Morgan fingerprint density at radius 2 is 1.95 bits per heavy atom. The number of thiazole rings is 1. The average molecular weight is 307 g/mol. The van der Waals surface area contributed by atoms with Gasteiger partial charge in [0.25, 0.3) is 0 Å². The molecule has 1 aromatic heterocycles. The molecule has 0 atom stereocenters. The van der Waals surface area contributed by atoms with Crippen molar-refractivity contribution in [2.45, 2.75) is 12.8 Å². The largest absolute Gasteiger partial charge is 0.404 e. The molecule has 1 heterocycles. The first-order chi connectivity index (χ1) is 10.8. The first-order valence-corrected chi connectivity index (χ1v) is 7.98. The second kappa shape index (κ2) is 6.54. The Morgan fingerprint density at radius 1 is 1.14 bits per heavy atom. The van der Waals surface area contributed by atoms with Crippen molar-refractivity contribution >= 4 is 33.3 Å². The highest BCUT2D eigenvalue weighted by atomic mass is 32.1. The third-order valence-electron chi connectivity index (χ3n) is 3.57. The molecule has 0 spiro atoms. The predicted octanol–water partition coefficient (Wildman–Crippen LogP) is 4.03. The molecule has 0 radical (unpaired) electrons. The summed E-state index contributed by atoms with van der Waals surface area (Å²) in [5, 5.41) is 8.53. The van der Waals surface area contributed by atoms with Gasteiger partial charge < -0.3 is 11.1 Å². The van der Waals surface area contributed by atoms with E-state index in [1.807, 2.05) is 18.2 Å². The summed E-state index contributed by atoms with van der Waals surface area (Å²) in [6, 6.07) is 16.5.